The predicted octanol–water partition coefficient (Wildman–Crippen LogP) is 11.9. The summed E-state index contributed by atoms with van der Waals surface area (Å²) < 4.78 is 47.7. The molecular weight excluding hydrogens is 846 g/mol. The van der Waals surface area contributed by atoms with Crippen LogP contribution in [0.1, 0.15) is 142 Å². The lowest BCUT2D eigenvalue weighted by Gasteiger charge is -2.20. The third-order valence-electron chi connectivity index (χ3n) is 8.64. The van der Waals surface area contributed by atoms with E-state index >= 15 is 0 Å². The average Bonchev–Trinajstić information content (AvgIpc) is 3.24. The Morgan fingerprint density at radius 2 is 0.841 bits per heavy atom. The molecule has 13 nitrogen and oxygen atoms in total. The minimum atomic E-state index is -4.88. The maximum absolute atomic E-state index is 12.6. The molecule has 0 heterocycles. The van der Waals surface area contributed by atoms with Crippen LogP contribution in [0.3, 0.4) is 0 Å². The van der Waals surface area contributed by atoms with Gasteiger partial charge in [-0.15, -0.1) is 0 Å². The van der Waals surface area contributed by atoms with Crippen molar-refractivity contribution in [2.75, 3.05) is 26.4 Å². The molecule has 0 amide bonds. The van der Waals surface area contributed by atoms with Crippen LogP contribution in [0, 0.1) is 0 Å². The summed E-state index contributed by atoms with van der Waals surface area (Å²) in [5.41, 5.74) is 0. The molecule has 4 N–H and O–H groups in total. The van der Waals surface area contributed by atoms with Crippen LogP contribution in [-0.2, 0) is 41.8 Å². The van der Waals surface area contributed by atoms with E-state index in [9.17, 15) is 28.7 Å². The van der Waals surface area contributed by atoms with Crippen molar-refractivity contribution in [1.29, 1.82) is 0 Å². The predicted molar refractivity (Wildman–Crippen MR) is 253 cm³/mol. The van der Waals surface area contributed by atoms with E-state index in [0.29, 0.717) is 25.7 Å². The third-order valence-corrected chi connectivity index (χ3v) is 10.1. The summed E-state index contributed by atoms with van der Waals surface area (Å²) in [5, 5.41) is 9.75. The molecule has 0 saturated heterocycles. The van der Waals surface area contributed by atoms with E-state index < -0.39 is 66.2 Å². The van der Waals surface area contributed by atoms with Gasteiger partial charge in [0, 0.05) is 12.8 Å². The topological polar surface area (TPSA) is 195 Å². The number of aliphatic hydroxyl groups excluding tert-OH is 1. The highest BCUT2D eigenvalue weighted by atomic mass is 31.2. The fourth-order valence-corrected chi connectivity index (χ4v) is 6.36. The molecule has 1 unspecified atom stereocenters. The van der Waals surface area contributed by atoms with Crippen LogP contribution >= 0.6 is 15.6 Å². The van der Waals surface area contributed by atoms with Crippen LogP contribution in [-0.4, -0.2) is 70.4 Å². The van der Waals surface area contributed by atoms with Crippen LogP contribution in [0.5, 0.6) is 0 Å². The smallest absolute Gasteiger partial charge is 0.462 e. The van der Waals surface area contributed by atoms with Gasteiger partial charge in [-0.1, -0.05) is 149 Å². The van der Waals surface area contributed by atoms with Crippen molar-refractivity contribution in [2.45, 2.75) is 154 Å². The zero-order chi connectivity index (χ0) is 46.5. The number of hydrogen-bond donors (Lipinski definition) is 4. The van der Waals surface area contributed by atoms with Crippen LogP contribution in [0.4, 0.5) is 0 Å². The van der Waals surface area contributed by atoms with E-state index in [0.717, 1.165) is 51.4 Å². The Balaban J connectivity index is 4.74. The highest BCUT2D eigenvalue weighted by molar-refractivity contribution is 7.47. The Labute approximate surface area is 378 Å². The molecule has 0 aromatic heterocycles. The van der Waals surface area contributed by atoms with Crippen molar-refractivity contribution >= 4 is 27.6 Å². The minimum absolute atomic E-state index is 0.0102. The number of aliphatic hydroxyl groups is 1. The van der Waals surface area contributed by atoms with E-state index in [2.05, 4.69) is 102 Å². The van der Waals surface area contributed by atoms with Crippen LogP contribution < -0.4 is 0 Å². The number of rotatable bonds is 41. The van der Waals surface area contributed by atoms with Crippen LogP contribution in [0.2, 0.25) is 0 Å². The summed E-state index contributed by atoms with van der Waals surface area (Å²) in [6.07, 6.45) is 52.4. The van der Waals surface area contributed by atoms with Crippen molar-refractivity contribution in [3.63, 3.8) is 0 Å². The summed E-state index contributed by atoms with van der Waals surface area (Å²) in [7, 11) is -9.73. The van der Waals surface area contributed by atoms with Gasteiger partial charge in [0.05, 0.1) is 19.8 Å². The van der Waals surface area contributed by atoms with E-state index in [1.54, 1.807) is 0 Å². The van der Waals surface area contributed by atoms with Gasteiger partial charge in [0.25, 0.3) is 0 Å². The Hall–Kier alpha value is -3.22. The summed E-state index contributed by atoms with van der Waals surface area (Å²) in [6, 6.07) is 0. The van der Waals surface area contributed by atoms with Crippen LogP contribution in [0.15, 0.2) is 109 Å². The summed E-state index contributed by atoms with van der Waals surface area (Å²) >= 11 is 0. The minimum Gasteiger partial charge on any atom is -0.462 e. The monoisotopic (exact) mass is 924 g/mol. The lowest BCUT2D eigenvalue weighted by Crippen LogP contribution is -2.29. The van der Waals surface area contributed by atoms with Crippen molar-refractivity contribution in [3.05, 3.63) is 109 Å². The van der Waals surface area contributed by atoms with E-state index in [4.69, 9.17) is 23.8 Å². The lowest BCUT2D eigenvalue weighted by atomic mass is 10.2. The molecule has 358 valence electrons. The van der Waals surface area contributed by atoms with Gasteiger partial charge in [0.2, 0.25) is 0 Å². The zero-order valence-corrected chi connectivity index (χ0v) is 39.7. The van der Waals surface area contributed by atoms with Gasteiger partial charge in [-0.25, -0.2) is 9.13 Å². The quantitative estimate of drug-likeness (QED) is 0.0196. The first-order chi connectivity index (χ1) is 30.4. The molecule has 3 atom stereocenters. The molecule has 0 aliphatic carbocycles. The zero-order valence-electron chi connectivity index (χ0n) is 37.9. The van der Waals surface area contributed by atoms with Gasteiger partial charge in [0.15, 0.2) is 6.10 Å². The molecule has 63 heavy (non-hydrogen) atoms. The summed E-state index contributed by atoms with van der Waals surface area (Å²) in [5.74, 6) is -1.20. The molecule has 0 bridgehead atoms. The Bertz CT molecular complexity index is 1520. The van der Waals surface area contributed by atoms with Crippen molar-refractivity contribution in [3.8, 4) is 0 Å². The fourth-order valence-electron chi connectivity index (χ4n) is 5.20. The Morgan fingerprint density at radius 1 is 0.460 bits per heavy atom. The molecule has 15 heteroatoms. The van der Waals surface area contributed by atoms with Gasteiger partial charge >= 0.3 is 27.6 Å². The second-order valence-electron chi connectivity index (χ2n) is 14.6. The number of phosphoric ester groups is 2. The van der Waals surface area contributed by atoms with Crippen LogP contribution in [0.25, 0.3) is 0 Å². The van der Waals surface area contributed by atoms with Gasteiger partial charge in [0.1, 0.15) is 12.7 Å². The number of esters is 2. The number of phosphoric acid groups is 2. The molecule has 0 aliphatic rings. The van der Waals surface area contributed by atoms with Gasteiger partial charge < -0.3 is 29.3 Å². The first kappa shape index (κ1) is 59.8. The summed E-state index contributed by atoms with van der Waals surface area (Å²) in [4.78, 5) is 52.7. The molecule has 0 aromatic rings. The molecule has 0 aliphatic heterocycles. The first-order valence-electron chi connectivity index (χ1n) is 22.6. The summed E-state index contributed by atoms with van der Waals surface area (Å²) in [6.45, 7) is 1.54. The van der Waals surface area contributed by atoms with Gasteiger partial charge in [-0.05, 0) is 89.9 Å². The maximum atomic E-state index is 12.6. The Kier molecular flexibility index (Phi) is 40.5. The largest absolute Gasteiger partial charge is 0.472 e. The maximum Gasteiger partial charge on any atom is 0.472 e. The molecule has 0 rings (SSSR count). The normalized spacial score (nSPS) is 15.0. The molecule has 0 aromatic carbocycles. The third kappa shape index (κ3) is 46.6. The van der Waals surface area contributed by atoms with E-state index in [-0.39, 0.29) is 12.8 Å². The molecule has 0 radical (unpaired) electrons. The number of ether oxygens (including phenoxy) is 2. The lowest BCUT2D eigenvalue weighted by molar-refractivity contribution is -0.161. The highest BCUT2D eigenvalue weighted by Gasteiger charge is 2.28. The highest BCUT2D eigenvalue weighted by Crippen LogP contribution is 2.43. The van der Waals surface area contributed by atoms with Gasteiger partial charge in [-0.3, -0.25) is 23.2 Å². The molecular formula is C48H78O13P2. The van der Waals surface area contributed by atoms with Crippen molar-refractivity contribution in [1.82, 2.24) is 0 Å². The number of hydrogen-bond acceptors (Lipinski definition) is 10. The Morgan fingerprint density at radius 3 is 1.27 bits per heavy atom. The number of unbranched alkanes of at least 4 members (excludes halogenated alkanes) is 7. The first-order valence-corrected chi connectivity index (χ1v) is 25.6. The standard InChI is InChI=1S/C48H78O13P2/c1-3-5-7-9-11-13-15-17-19-21-22-24-26-28-30-32-34-36-38-40-48(51)61-46(44-60-63(55,56)59-42-45(49)41-58-62(52,53)54)43-57-47(50)39-37-35-33-31-29-27-25-23-20-18-16-14-12-10-8-6-4-2/h11-14,17-20,22,24-25,27-28,30-31,33-34,36,45-46,49H,3-10,15-16,21,23,26,29,32,35,37-44H2,1-2H3,(H,55,56)(H2,52,53,54)/b13-11-,14-12-,19-17-,20-18-,24-22-,27-25-,30-28-,33-31-,36-34-/t45-,46+/m0/s1. The number of carbonyl (C=O) groups is 2. The van der Waals surface area contributed by atoms with Crippen molar-refractivity contribution < 1.29 is 61.6 Å². The number of allylic oxidation sites excluding steroid dienone is 18. The van der Waals surface area contributed by atoms with Crippen molar-refractivity contribution in [2.24, 2.45) is 0 Å². The fraction of sp³-hybridized carbons (Fsp3) is 0.583. The van der Waals surface area contributed by atoms with Gasteiger partial charge in [-0.2, -0.15) is 0 Å². The molecule has 0 spiro atoms. The molecule has 0 fully saturated rings. The second-order valence-corrected chi connectivity index (χ2v) is 17.3. The van der Waals surface area contributed by atoms with E-state index in [1.165, 1.54) is 38.5 Å². The second kappa shape index (κ2) is 42.7. The molecule has 0 saturated carbocycles. The number of carbonyl (C=O) groups excluding carboxylic acids is 2. The average molecular weight is 925 g/mol. The van der Waals surface area contributed by atoms with E-state index in [1.807, 2.05) is 30.4 Å². The SMILES string of the molecule is CCCCC/C=C\C/C=C\C/C=C\C/C=C\C/C=C\CCC(=O)O[C@H](COC(=O)CCC/C=C\C/C=C\C/C=C\C/C=C\CCCCC)COP(=O)(O)OC[C@@H](O)COP(=O)(O)O.